The highest BCUT2D eigenvalue weighted by Crippen LogP contribution is 2.08. The molecule has 0 aliphatic carbocycles. The molecule has 0 heterocycles. The first kappa shape index (κ1) is 11.6. The minimum absolute atomic E-state index is 0.425. The Morgan fingerprint density at radius 3 is 2.33 bits per heavy atom. The van der Waals surface area contributed by atoms with Gasteiger partial charge in [-0.05, 0) is 17.6 Å². The number of carbonyl (C=O) groups is 1. The fourth-order valence-electron chi connectivity index (χ4n) is 1.06. The van der Waals surface area contributed by atoms with Crippen LogP contribution in [0.15, 0.2) is 12.1 Å². The zero-order valence-electron chi connectivity index (χ0n) is 7.70. The van der Waals surface area contributed by atoms with Gasteiger partial charge in [-0.15, -0.1) is 0 Å². The summed E-state index contributed by atoms with van der Waals surface area (Å²) in [5.74, 6) is -3.51. The molecule has 80 valence electrons. The van der Waals surface area contributed by atoms with E-state index in [1.165, 1.54) is 0 Å². The van der Waals surface area contributed by atoms with Gasteiger partial charge in [-0.3, -0.25) is 0 Å². The van der Waals surface area contributed by atoms with Gasteiger partial charge in [0.2, 0.25) is 0 Å². The lowest BCUT2D eigenvalue weighted by Crippen LogP contribution is -2.35. The Kier molecular flexibility index (Phi) is 3.38. The van der Waals surface area contributed by atoms with Crippen molar-refractivity contribution in [2.45, 2.75) is 0 Å². The second-order valence-corrected chi connectivity index (χ2v) is 2.72. The van der Waals surface area contributed by atoms with Gasteiger partial charge in [0.15, 0.2) is 11.6 Å². The molecule has 0 amide bonds. The van der Waals surface area contributed by atoms with Crippen LogP contribution in [0.5, 0.6) is 0 Å². The molecular weight excluding hydrogens is 209 g/mol. The maximum atomic E-state index is 12.8. The normalized spacial score (nSPS) is 9.93. The van der Waals surface area contributed by atoms with Gasteiger partial charge in [0.05, 0.1) is 12.7 Å². The van der Waals surface area contributed by atoms with E-state index in [0.29, 0.717) is 12.1 Å². The number of rotatable bonds is 2. The zero-order valence-corrected chi connectivity index (χ0v) is 7.70. The van der Waals surface area contributed by atoms with Gasteiger partial charge in [-0.2, -0.15) is 0 Å². The van der Waals surface area contributed by atoms with E-state index in [9.17, 15) is 13.6 Å². The Balaban J connectivity index is 3.34. The third-order valence-electron chi connectivity index (χ3n) is 1.78. The average molecular weight is 216 g/mol. The molecule has 0 radical (unpaired) electrons. The monoisotopic (exact) mass is 216 g/mol. The van der Waals surface area contributed by atoms with Crippen molar-refractivity contribution < 1.29 is 28.4 Å². The van der Waals surface area contributed by atoms with Gasteiger partial charge >= 0.3 is 13.1 Å². The van der Waals surface area contributed by atoms with Crippen LogP contribution in [0.3, 0.4) is 0 Å². The molecule has 7 heteroatoms. The Hall–Kier alpha value is -1.47. The zero-order chi connectivity index (χ0) is 11.6. The standard InChI is InChI=1S/C8H7BF2O4/c1-15-8(12)4-2-6(10)7(11)3-5(4)9(13)14/h2-3,13-14H,1H3. The molecule has 15 heavy (non-hydrogen) atoms. The molecule has 0 aromatic heterocycles. The molecule has 0 aliphatic heterocycles. The number of hydrogen-bond donors (Lipinski definition) is 2. The van der Waals surface area contributed by atoms with E-state index >= 15 is 0 Å². The molecule has 2 N–H and O–H groups in total. The number of benzene rings is 1. The van der Waals surface area contributed by atoms with Crippen molar-refractivity contribution >= 4 is 18.6 Å². The molecule has 0 saturated heterocycles. The van der Waals surface area contributed by atoms with Crippen LogP contribution < -0.4 is 5.46 Å². The van der Waals surface area contributed by atoms with E-state index in [2.05, 4.69) is 4.74 Å². The van der Waals surface area contributed by atoms with Crippen molar-refractivity contribution in [1.82, 2.24) is 0 Å². The first-order chi connectivity index (χ1) is 6.97. The summed E-state index contributed by atoms with van der Waals surface area (Å²) in [5, 5.41) is 17.6. The molecule has 1 rings (SSSR count). The quantitative estimate of drug-likeness (QED) is 0.513. The lowest BCUT2D eigenvalue weighted by Gasteiger charge is -2.07. The summed E-state index contributed by atoms with van der Waals surface area (Å²) in [6.07, 6.45) is 0. The lowest BCUT2D eigenvalue weighted by molar-refractivity contribution is 0.0601. The third-order valence-corrected chi connectivity index (χ3v) is 1.78. The first-order valence-corrected chi connectivity index (χ1v) is 3.90. The van der Waals surface area contributed by atoms with E-state index in [4.69, 9.17) is 10.0 Å². The van der Waals surface area contributed by atoms with Crippen molar-refractivity contribution in [2.75, 3.05) is 7.11 Å². The van der Waals surface area contributed by atoms with E-state index in [-0.39, 0.29) is 0 Å². The molecule has 0 unspecified atom stereocenters. The average Bonchev–Trinajstić information content (AvgIpc) is 2.20. The van der Waals surface area contributed by atoms with Crippen LogP contribution in [0.4, 0.5) is 8.78 Å². The molecule has 0 spiro atoms. The van der Waals surface area contributed by atoms with Crippen molar-refractivity contribution in [1.29, 1.82) is 0 Å². The molecular formula is C8H7BF2O4. The van der Waals surface area contributed by atoms with Gasteiger partial charge in [-0.1, -0.05) is 0 Å². The maximum absolute atomic E-state index is 12.8. The Morgan fingerprint density at radius 2 is 1.87 bits per heavy atom. The van der Waals surface area contributed by atoms with Crippen LogP contribution in [0.1, 0.15) is 10.4 Å². The number of esters is 1. The molecule has 4 nitrogen and oxygen atoms in total. The predicted molar refractivity (Wildman–Crippen MR) is 47.5 cm³/mol. The molecule has 1 aromatic rings. The van der Waals surface area contributed by atoms with Crippen LogP contribution in [0.25, 0.3) is 0 Å². The maximum Gasteiger partial charge on any atom is 0.489 e. The van der Waals surface area contributed by atoms with E-state index in [1.807, 2.05) is 0 Å². The summed E-state index contributed by atoms with van der Waals surface area (Å²) in [7, 11) is -1.04. The minimum atomic E-state index is -2.07. The largest absolute Gasteiger partial charge is 0.489 e. The third kappa shape index (κ3) is 2.31. The highest BCUT2D eigenvalue weighted by Gasteiger charge is 2.23. The van der Waals surface area contributed by atoms with Gasteiger partial charge < -0.3 is 14.8 Å². The highest BCUT2D eigenvalue weighted by atomic mass is 19.2. The van der Waals surface area contributed by atoms with Crippen LogP contribution >= 0.6 is 0 Å². The SMILES string of the molecule is COC(=O)c1cc(F)c(F)cc1B(O)O. The molecule has 0 fully saturated rings. The minimum Gasteiger partial charge on any atom is -0.465 e. The molecule has 0 aliphatic rings. The fourth-order valence-corrected chi connectivity index (χ4v) is 1.06. The Labute approximate surface area is 84.2 Å². The van der Waals surface area contributed by atoms with Crippen LogP contribution in [-0.2, 0) is 4.74 Å². The Bertz CT molecular complexity index is 394. The van der Waals surface area contributed by atoms with Crippen LogP contribution in [0, 0.1) is 11.6 Å². The van der Waals surface area contributed by atoms with E-state index in [1.54, 1.807) is 0 Å². The van der Waals surface area contributed by atoms with Crippen molar-refractivity contribution in [3.63, 3.8) is 0 Å². The van der Waals surface area contributed by atoms with Crippen molar-refractivity contribution in [3.05, 3.63) is 29.3 Å². The summed E-state index contributed by atoms with van der Waals surface area (Å²) in [5.41, 5.74) is -0.868. The summed E-state index contributed by atoms with van der Waals surface area (Å²) < 4.78 is 29.8. The second-order valence-electron chi connectivity index (χ2n) is 2.72. The number of hydrogen-bond acceptors (Lipinski definition) is 4. The smallest absolute Gasteiger partial charge is 0.465 e. The lowest BCUT2D eigenvalue weighted by atomic mass is 9.77. The van der Waals surface area contributed by atoms with Crippen LogP contribution in [-0.4, -0.2) is 30.2 Å². The summed E-state index contributed by atoms with van der Waals surface area (Å²) in [4.78, 5) is 11.1. The summed E-state index contributed by atoms with van der Waals surface area (Å²) in [6, 6.07) is 1.09. The van der Waals surface area contributed by atoms with E-state index < -0.39 is 35.7 Å². The number of methoxy groups -OCH3 is 1. The highest BCUT2D eigenvalue weighted by molar-refractivity contribution is 6.60. The second kappa shape index (κ2) is 4.37. The summed E-state index contributed by atoms with van der Waals surface area (Å²) in [6.45, 7) is 0. The molecule has 0 saturated carbocycles. The topological polar surface area (TPSA) is 66.8 Å². The Morgan fingerprint density at radius 1 is 1.33 bits per heavy atom. The number of ether oxygens (including phenoxy) is 1. The van der Waals surface area contributed by atoms with Crippen molar-refractivity contribution in [2.24, 2.45) is 0 Å². The van der Waals surface area contributed by atoms with Gasteiger partial charge in [0.1, 0.15) is 0 Å². The molecule has 0 bridgehead atoms. The number of carbonyl (C=O) groups excluding carboxylic acids is 1. The van der Waals surface area contributed by atoms with Gasteiger partial charge in [0, 0.05) is 0 Å². The van der Waals surface area contributed by atoms with E-state index in [0.717, 1.165) is 7.11 Å². The van der Waals surface area contributed by atoms with Crippen LogP contribution in [0.2, 0.25) is 0 Å². The molecule has 1 aromatic carbocycles. The van der Waals surface area contributed by atoms with Crippen molar-refractivity contribution in [3.8, 4) is 0 Å². The summed E-state index contributed by atoms with van der Waals surface area (Å²) >= 11 is 0. The van der Waals surface area contributed by atoms with Gasteiger partial charge in [0.25, 0.3) is 0 Å². The fraction of sp³-hybridized carbons (Fsp3) is 0.125. The van der Waals surface area contributed by atoms with Gasteiger partial charge in [-0.25, -0.2) is 13.6 Å². The molecule has 0 atom stereocenters. The number of halogens is 2. The first-order valence-electron chi connectivity index (χ1n) is 3.90. The predicted octanol–water partition coefficient (Wildman–Crippen LogP) is -0.569.